The van der Waals surface area contributed by atoms with Crippen LogP contribution >= 0.6 is 0 Å². The second-order valence-corrected chi connectivity index (χ2v) is 5.33. The van der Waals surface area contributed by atoms with Crippen molar-refractivity contribution in [3.8, 4) is 0 Å². The second-order valence-electron chi connectivity index (χ2n) is 5.33. The van der Waals surface area contributed by atoms with E-state index in [1.807, 2.05) is 0 Å². The molecule has 0 rings (SSSR count). The predicted molar refractivity (Wildman–Crippen MR) is 84.6 cm³/mol. The summed E-state index contributed by atoms with van der Waals surface area (Å²) in [4.78, 5) is 0. The number of ether oxygens (including phenoxy) is 1. The summed E-state index contributed by atoms with van der Waals surface area (Å²) in [6.07, 6.45) is 13.1. The maximum atomic E-state index is 5.62. The fraction of sp³-hybridized carbons (Fsp3) is 1.00. The molecular formula is C16H36N2O. The molecule has 0 bridgehead atoms. The molecule has 19 heavy (non-hydrogen) atoms. The average Bonchev–Trinajstić information content (AvgIpc) is 2.43. The third-order valence-electron chi connectivity index (χ3n) is 3.34. The van der Waals surface area contributed by atoms with Gasteiger partial charge in [0.2, 0.25) is 0 Å². The van der Waals surface area contributed by atoms with Crippen molar-refractivity contribution in [3.63, 3.8) is 0 Å². The predicted octanol–water partition coefficient (Wildman–Crippen LogP) is 3.47. The number of unbranched alkanes of at least 4 members (excludes halogenated alkanes) is 7. The minimum absolute atomic E-state index is 0.780. The highest BCUT2D eigenvalue weighted by Crippen LogP contribution is 2.08. The molecule has 0 saturated carbocycles. The van der Waals surface area contributed by atoms with Crippen LogP contribution in [0.25, 0.3) is 0 Å². The van der Waals surface area contributed by atoms with Crippen LogP contribution in [-0.4, -0.2) is 32.8 Å². The van der Waals surface area contributed by atoms with E-state index in [0.29, 0.717) is 0 Å². The molecule has 0 fully saturated rings. The molecule has 3 nitrogen and oxygen atoms in total. The topological polar surface area (TPSA) is 47.3 Å². The molecule has 0 saturated heterocycles. The first kappa shape index (κ1) is 18.9. The lowest BCUT2D eigenvalue weighted by Gasteiger charge is -2.05. The minimum Gasteiger partial charge on any atom is -0.381 e. The zero-order chi connectivity index (χ0) is 14.0. The Morgan fingerprint density at radius 1 is 0.737 bits per heavy atom. The molecule has 0 aliphatic carbocycles. The van der Waals surface area contributed by atoms with E-state index in [-0.39, 0.29) is 0 Å². The van der Waals surface area contributed by atoms with Crippen LogP contribution < -0.4 is 11.1 Å². The van der Waals surface area contributed by atoms with Gasteiger partial charge in [0.05, 0.1) is 0 Å². The Balaban J connectivity index is 2.88. The van der Waals surface area contributed by atoms with Gasteiger partial charge in [-0.05, 0) is 38.9 Å². The van der Waals surface area contributed by atoms with Crippen LogP contribution in [0, 0.1) is 0 Å². The number of rotatable bonds is 16. The van der Waals surface area contributed by atoms with Crippen molar-refractivity contribution >= 4 is 0 Å². The molecule has 0 aromatic heterocycles. The van der Waals surface area contributed by atoms with Crippen molar-refractivity contribution in [1.82, 2.24) is 5.32 Å². The summed E-state index contributed by atoms with van der Waals surface area (Å²) in [5.41, 5.74) is 5.42. The minimum atomic E-state index is 0.780. The van der Waals surface area contributed by atoms with Crippen molar-refractivity contribution in [3.05, 3.63) is 0 Å². The van der Waals surface area contributed by atoms with E-state index in [0.717, 1.165) is 45.7 Å². The molecule has 0 radical (unpaired) electrons. The quantitative estimate of drug-likeness (QED) is 0.423. The van der Waals surface area contributed by atoms with Gasteiger partial charge in [-0.25, -0.2) is 0 Å². The summed E-state index contributed by atoms with van der Waals surface area (Å²) in [5, 5.41) is 3.36. The molecular weight excluding hydrogens is 236 g/mol. The lowest BCUT2D eigenvalue weighted by molar-refractivity contribution is 0.127. The number of hydrogen-bond donors (Lipinski definition) is 2. The summed E-state index contributed by atoms with van der Waals surface area (Å²) in [5.74, 6) is 0. The van der Waals surface area contributed by atoms with Crippen LogP contribution in [0.2, 0.25) is 0 Å². The summed E-state index contributed by atoms with van der Waals surface area (Å²) in [7, 11) is 0. The van der Waals surface area contributed by atoms with E-state index in [1.165, 1.54) is 51.4 Å². The van der Waals surface area contributed by atoms with Crippen molar-refractivity contribution in [1.29, 1.82) is 0 Å². The third-order valence-corrected chi connectivity index (χ3v) is 3.34. The first-order valence-electron chi connectivity index (χ1n) is 8.40. The molecule has 3 N–H and O–H groups in total. The van der Waals surface area contributed by atoms with E-state index in [9.17, 15) is 0 Å². The second kappa shape index (κ2) is 17.9. The standard InChI is InChI=1S/C16H36N2O/c1-2-3-4-5-6-7-8-9-15-19-16-11-14-18-13-10-12-17/h18H,2-17H2,1H3. The molecule has 0 heterocycles. The van der Waals surface area contributed by atoms with Crippen molar-refractivity contribution in [2.45, 2.75) is 71.1 Å². The van der Waals surface area contributed by atoms with Crippen LogP contribution in [0.3, 0.4) is 0 Å². The Bertz CT molecular complexity index is 138. The zero-order valence-corrected chi connectivity index (χ0v) is 13.1. The molecule has 0 aromatic rings. The number of nitrogens with two attached hydrogens (primary N) is 1. The van der Waals surface area contributed by atoms with E-state index in [1.54, 1.807) is 0 Å². The largest absolute Gasteiger partial charge is 0.381 e. The van der Waals surface area contributed by atoms with Crippen LogP contribution in [-0.2, 0) is 4.74 Å². The highest BCUT2D eigenvalue weighted by molar-refractivity contribution is 4.49. The van der Waals surface area contributed by atoms with Crippen molar-refractivity contribution in [2.75, 3.05) is 32.8 Å². The molecule has 0 aliphatic rings. The number of nitrogens with one attached hydrogen (secondary N) is 1. The molecule has 0 amide bonds. The molecule has 116 valence electrons. The normalized spacial score (nSPS) is 11.1. The van der Waals surface area contributed by atoms with Gasteiger partial charge in [-0.15, -0.1) is 0 Å². The molecule has 0 spiro atoms. The van der Waals surface area contributed by atoms with Crippen molar-refractivity contribution < 1.29 is 4.74 Å². The zero-order valence-electron chi connectivity index (χ0n) is 13.1. The Hall–Kier alpha value is -0.120. The first-order chi connectivity index (χ1) is 9.41. The maximum Gasteiger partial charge on any atom is 0.0478 e. The van der Waals surface area contributed by atoms with E-state index in [2.05, 4.69) is 12.2 Å². The van der Waals surface area contributed by atoms with Gasteiger partial charge < -0.3 is 15.8 Å². The molecule has 3 heteroatoms. The fourth-order valence-corrected chi connectivity index (χ4v) is 2.09. The Kier molecular flexibility index (Phi) is 17.8. The maximum absolute atomic E-state index is 5.62. The van der Waals surface area contributed by atoms with Gasteiger partial charge in [0, 0.05) is 13.2 Å². The van der Waals surface area contributed by atoms with Crippen LogP contribution in [0.4, 0.5) is 0 Å². The van der Waals surface area contributed by atoms with Gasteiger partial charge in [0.15, 0.2) is 0 Å². The highest BCUT2D eigenvalue weighted by atomic mass is 16.5. The first-order valence-corrected chi connectivity index (χ1v) is 8.40. The smallest absolute Gasteiger partial charge is 0.0478 e. The van der Waals surface area contributed by atoms with Gasteiger partial charge in [0.1, 0.15) is 0 Å². The number of hydrogen-bond acceptors (Lipinski definition) is 3. The summed E-state index contributed by atoms with van der Waals surface area (Å²) >= 11 is 0. The van der Waals surface area contributed by atoms with Crippen LogP contribution in [0.15, 0.2) is 0 Å². The summed E-state index contributed by atoms with van der Waals surface area (Å²) in [6, 6.07) is 0. The Morgan fingerprint density at radius 2 is 1.32 bits per heavy atom. The van der Waals surface area contributed by atoms with Gasteiger partial charge in [-0.3, -0.25) is 0 Å². The van der Waals surface area contributed by atoms with Crippen LogP contribution in [0.1, 0.15) is 71.1 Å². The van der Waals surface area contributed by atoms with Crippen LogP contribution in [0.5, 0.6) is 0 Å². The van der Waals surface area contributed by atoms with E-state index in [4.69, 9.17) is 10.5 Å². The van der Waals surface area contributed by atoms with E-state index < -0.39 is 0 Å². The van der Waals surface area contributed by atoms with Crippen molar-refractivity contribution in [2.24, 2.45) is 5.73 Å². The molecule has 0 atom stereocenters. The Morgan fingerprint density at radius 3 is 2.00 bits per heavy atom. The van der Waals surface area contributed by atoms with Gasteiger partial charge in [-0.2, -0.15) is 0 Å². The summed E-state index contributed by atoms with van der Waals surface area (Å²) < 4.78 is 5.62. The van der Waals surface area contributed by atoms with Gasteiger partial charge in [0.25, 0.3) is 0 Å². The highest BCUT2D eigenvalue weighted by Gasteiger charge is 1.93. The van der Waals surface area contributed by atoms with Gasteiger partial charge >= 0.3 is 0 Å². The molecule has 0 aliphatic heterocycles. The van der Waals surface area contributed by atoms with Gasteiger partial charge in [-0.1, -0.05) is 51.9 Å². The lowest BCUT2D eigenvalue weighted by Crippen LogP contribution is -2.20. The third kappa shape index (κ3) is 17.9. The summed E-state index contributed by atoms with van der Waals surface area (Å²) in [6.45, 7) is 6.98. The SMILES string of the molecule is CCCCCCCCCCOCCCNCCCN. The van der Waals surface area contributed by atoms with E-state index >= 15 is 0 Å². The lowest BCUT2D eigenvalue weighted by atomic mass is 10.1. The fourth-order valence-electron chi connectivity index (χ4n) is 2.09. The Labute approximate surface area is 120 Å². The average molecular weight is 272 g/mol. The monoisotopic (exact) mass is 272 g/mol. The molecule has 0 aromatic carbocycles. The molecule has 0 unspecified atom stereocenters.